The molecule has 0 saturated carbocycles. The molecule has 0 unspecified atom stereocenters. The first-order valence-electron chi connectivity index (χ1n) is 6.93. The molecule has 1 N–H and O–H groups in total. The number of likely N-dealkylation sites (tertiary alicyclic amines) is 1. The van der Waals surface area contributed by atoms with E-state index in [9.17, 15) is 0 Å². The van der Waals surface area contributed by atoms with E-state index in [0.29, 0.717) is 0 Å². The number of methoxy groups -OCH3 is 1. The molecule has 0 aromatic rings. The van der Waals surface area contributed by atoms with Gasteiger partial charge in [0.25, 0.3) is 0 Å². The average molecular weight is 243 g/mol. The van der Waals surface area contributed by atoms with E-state index in [2.05, 4.69) is 22.2 Å². The van der Waals surface area contributed by atoms with Crippen LogP contribution in [0, 0.1) is 0 Å². The third kappa shape index (κ3) is 7.71. The van der Waals surface area contributed by atoms with Crippen molar-refractivity contribution in [3.05, 3.63) is 0 Å². The van der Waals surface area contributed by atoms with Crippen molar-refractivity contribution in [3.8, 4) is 0 Å². The van der Waals surface area contributed by atoms with Crippen LogP contribution in [0.3, 0.4) is 0 Å². The zero-order valence-corrected chi connectivity index (χ0v) is 11.6. The SMILES string of the molecule is COCCNCCN(C)CCCN1CCCC1. The Kier molecular flexibility index (Phi) is 8.61. The summed E-state index contributed by atoms with van der Waals surface area (Å²) in [5.74, 6) is 0. The first-order valence-corrected chi connectivity index (χ1v) is 6.93. The highest BCUT2D eigenvalue weighted by molar-refractivity contribution is 4.66. The molecule has 17 heavy (non-hydrogen) atoms. The zero-order chi connectivity index (χ0) is 12.3. The predicted molar refractivity (Wildman–Crippen MR) is 72.5 cm³/mol. The highest BCUT2D eigenvalue weighted by atomic mass is 16.5. The van der Waals surface area contributed by atoms with Crippen LogP contribution in [-0.4, -0.2) is 76.4 Å². The van der Waals surface area contributed by atoms with Crippen molar-refractivity contribution in [1.82, 2.24) is 15.1 Å². The van der Waals surface area contributed by atoms with Crippen LogP contribution in [0.1, 0.15) is 19.3 Å². The van der Waals surface area contributed by atoms with Gasteiger partial charge in [-0.3, -0.25) is 0 Å². The molecular formula is C13H29N3O. The van der Waals surface area contributed by atoms with Gasteiger partial charge in [0.05, 0.1) is 6.61 Å². The Morgan fingerprint density at radius 2 is 1.94 bits per heavy atom. The molecule has 1 heterocycles. The maximum Gasteiger partial charge on any atom is 0.0587 e. The summed E-state index contributed by atoms with van der Waals surface area (Å²) >= 11 is 0. The van der Waals surface area contributed by atoms with Crippen molar-refractivity contribution in [1.29, 1.82) is 0 Å². The minimum Gasteiger partial charge on any atom is -0.383 e. The van der Waals surface area contributed by atoms with Gasteiger partial charge in [-0.05, 0) is 52.5 Å². The minimum atomic E-state index is 0.804. The van der Waals surface area contributed by atoms with Crippen molar-refractivity contribution in [2.45, 2.75) is 19.3 Å². The summed E-state index contributed by atoms with van der Waals surface area (Å²) in [6, 6.07) is 0. The van der Waals surface area contributed by atoms with E-state index in [1.807, 2.05) is 0 Å². The second-order valence-electron chi connectivity index (χ2n) is 4.95. The molecule has 1 rings (SSSR count). The molecule has 102 valence electrons. The van der Waals surface area contributed by atoms with E-state index in [4.69, 9.17) is 4.74 Å². The van der Waals surface area contributed by atoms with Crippen LogP contribution in [0.25, 0.3) is 0 Å². The highest BCUT2D eigenvalue weighted by Crippen LogP contribution is 2.07. The van der Waals surface area contributed by atoms with E-state index in [-0.39, 0.29) is 0 Å². The molecule has 1 saturated heterocycles. The van der Waals surface area contributed by atoms with Gasteiger partial charge in [0.1, 0.15) is 0 Å². The second kappa shape index (κ2) is 9.83. The Morgan fingerprint density at radius 1 is 1.18 bits per heavy atom. The van der Waals surface area contributed by atoms with Gasteiger partial charge in [-0.25, -0.2) is 0 Å². The van der Waals surface area contributed by atoms with Gasteiger partial charge in [-0.15, -0.1) is 0 Å². The van der Waals surface area contributed by atoms with Crippen molar-refractivity contribution in [2.75, 3.05) is 66.6 Å². The van der Waals surface area contributed by atoms with E-state index in [1.54, 1.807) is 7.11 Å². The Labute approximate surface area is 106 Å². The Bertz CT molecular complexity index is 172. The summed E-state index contributed by atoms with van der Waals surface area (Å²) in [5, 5.41) is 3.37. The maximum absolute atomic E-state index is 4.99. The monoisotopic (exact) mass is 243 g/mol. The third-order valence-corrected chi connectivity index (χ3v) is 3.37. The molecule has 0 aromatic heterocycles. The number of likely N-dealkylation sites (N-methyl/N-ethyl adjacent to an activating group) is 1. The first-order chi connectivity index (χ1) is 8.33. The van der Waals surface area contributed by atoms with Crippen LogP contribution >= 0.6 is 0 Å². The van der Waals surface area contributed by atoms with E-state index in [0.717, 1.165) is 26.2 Å². The third-order valence-electron chi connectivity index (χ3n) is 3.37. The maximum atomic E-state index is 4.99. The Hall–Kier alpha value is -0.160. The number of nitrogens with zero attached hydrogens (tertiary/aromatic N) is 2. The van der Waals surface area contributed by atoms with Gasteiger partial charge in [-0.2, -0.15) is 0 Å². The second-order valence-corrected chi connectivity index (χ2v) is 4.95. The van der Waals surface area contributed by atoms with Crippen LogP contribution in [0.15, 0.2) is 0 Å². The van der Waals surface area contributed by atoms with E-state index in [1.165, 1.54) is 45.4 Å². The fourth-order valence-electron chi connectivity index (χ4n) is 2.25. The molecule has 1 aliphatic rings. The van der Waals surface area contributed by atoms with Crippen LogP contribution < -0.4 is 5.32 Å². The van der Waals surface area contributed by atoms with Crippen LogP contribution in [0.5, 0.6) is 0 Å². The smallest absolute Gasteiger partial charge is 0.0587 e. The number of ether oxygens (including phenoxy) is 1. The number of hydrogen-bond donors (Lipinski definition) is 1. The number of rotatable bonds is 10. The summed E-state index contributed by atoms with van der Waals surface area (Å²) < 4.78 is 4.99. The lowest BCUT2D eigenvalue weighted by atomic mass is 10.3. The zero-order valence-electron chi connectivity index (χ0n) is 11.6. The molecule has 4 nitrogen and oxygen atoms in total. The number of hydrogen-bond acceptors (Lipinski definition) is 4. The largest absolute Gasteiger partial charge is 0.383 e. The Morgan fingerprint density at radius 3 is 2.65 bits per heavy atom. The fourth-order valence-corrected chi connectivity index (χ4v) is 2.25. The molecular weight excluding hydrogens is 214 g/mol. The lowest BCUT2D eigenvalue weighted by Crippen LogP contribution is -2.32. The molecule has 0 amide bonds. The van der Waals surface area contributed by atoms with Gasteiger partial charge in [0, 0.05) is 26.7 Å². The van der Waals surface area contributed by atoms with E-state index >= 15 is 0 Å². The highest BCUT2D eigenvalue weighted by Gasteiger charge is 2.10. The summed E-state index contributed by atoms with van der Waals surface area (Å²) in [6.07, 6.45) is 4.10. The summed E-state index contributed by atoms with van der Waals surface area (Å²) in [7, 11) is 3.95. The van der Waals surface area contributed by atoms with Gasteiger partial charge in [-0.1, -0.05) is 0 Å². The summed E-state index contributed by atoms with van der Waals surface area (Å²) in [5.41, 5.74) is 0. The van der Waals surface area contributed by atoms with E-state index < -0.39 is 0 Å². The lowest BCUT2D eigenvalue weighted by Gasteiger charge is -2.19. The first kappa shape index (κ1) is 14.9. The molecule has 0 spiro atoms. The van der Waals surface area contributed by atoms with Crippen molar-refractivity contribution >= 4 is 0 Å². The minimum absolute atomic E-state index is 0.804. The van der Waals surface area contributed by atoms with Crippen LogP contribution in [0.2, 0.25) is 0 Å². The topological polar surface area (TPSA) is 27.7 Å². The van der Waals surface area contributed by atoms with Crippen molar-refractivity contribution in [3.63, 3.8) is 0 Å². The van der Waals surface area contributed by atoms with Gasteiger partial charge >= 0.3 is 0 Å². The fraction of sp³-hybridized carbons (Fsp3) is 1.00. The molecule has 1 fully saturated rings. The van der Waals surface area contributed by atoms with Crippen molar-refractivity contribution < 1.29 is 4.74 Å². The van der Waals surface area contributed by atoms with Gasteiger partial charge < -0.3 is 19.9 Å². The van der Waals surface area contributed by atoms with Crippen LogP contribution in [-0.2, 0) is 4.74 Å². The van der Waals surface area contributed by atoms with Gasteiger partial charge in [0.2, 0.25) is 0 Å². The Balaban J connectivity index is 1.84. The molecule has 1 aliphatic heterocycles. The molecule has 0 bridgehead atoms. The standard InChI is InChI=1S/C13H29N3O/c1-15(12-6-14-7-13-17-2)8-5-11-16-9-3-4-10-16/h14H,3-13H2,1-2H3. The normalized spacial score (nSPS) is 17.1. The predicted octanol–water partition coefficient (Wildman–Crippen LogP) is 0.640. The molecule has 0 aromatic carbocycles. The lowest BCUT2D eigenvalue weighted by molar-refractivity contribution is 0.197. The molecule has 0 radical (unpaired) electrons. The molecule has 0 aliphatic carbocycles. The molecule has 0 atom stereocenters. The number of nitrogens with one attached hydrogen (secondary N) is 1. The quantitative estimate of drug-likeness (QED) is 0.570. The summed E-state index contributed by atoms with van der Waals surface area (Å²) in [6.45, 7) is 9.08. The van der Waals surface area contributed by atoms with Crippen molar-refractivity contribution in [2.24, 2.45) is 0 Å². The van der Waals surface area contributed by atoms with Crippen LogP contribution in [0.4, 0.5) is 0 Å². The van der Waals surface area contributed by atoms with Gasteiger partial charge in [0.15, 0.2) is 0 Å². The average Bonchev–Trinajstić information content (AvgIpc) is 2.82. The molecule has 4 heteroatoms. The summed E-state index contributed by atoms with van der Waals surface area (Å²) in [4.78, 5) is 5.00.